The molecule has 0 aliphatic heterocycles. The lowest BCUT2D eigenvalue weighted by atomic mass is 9.88. The van der Waals surface area contributed by atoms with Crippen molar-refractivity contribution in [3.8, 4) is 11.5 Å². The fourth-order valence-corrected chi connectivity index (χ4v) is 3.25. The Hall–Kier alpha value is -3.00. The molecule has 0 bridgehead atoms. The topological polar surface area (TPSA) is 29.5 Å². The van der Waals surface area contributed by atoms with Gasteiger partial charge in [-0.3, -0.25) is 0 Å². The quantitative estimate of drug-likeness (QED) is 0.485. The van der Waals surface area contributed by atoms with E-state index >= 15 is 0 Å². The van der Waals surface area contributed by atoms with Crippen molar-refractivity contribution in [3.05, 3.63) is 95.6 Å². The van der Waals surface area contributed by atoms with Gasteiger partial charge < -0.3 is 9.84 Å². The molecule has 0 saturated heterocycles. The molecule has 138 valence electrons. The second-order valence-electron chi connectivity index (χ2n) is 6.49. The third-order valence-electron chi connectivity index (χ3n) is 4.55. The number of hydrogen-bond donors (Lipinski definition) is 1. The van der Waals surface area contributed by atoms with Crippen LogP contribution in [0.5, 0.6) is 11.5 Å². The van der Waals surface area contributed by atoms with E-state index in [1.165, 1.54) is 16.7 Å². The first kappa shape index (κ1) is 18.8. The van der Waals surface area contributed by atoms with Crippen molar-refractivity contribution >= 4 is 11.1 Å². The van der Waals surface area contributed by atoms with E-state index in [2.05, 4.69) is 50.2 Å². The lowest BCUT2D eigenvalue weighted by molar-refractivity contribution is 0.317. The molecule has 0 spiro atoms. The van der Waals surface area contributed by atoms with Crippen LogP contribution in [0, 0.1) is 0 Å². The Balaban J connectivity index is 2.13. The van der Waals surface area contributed by atoms with E-state index in [0.717, 1.165) is 36.3 Å². The van der Waals surface area contributed by atoms with E-state index in [4.69, 9.17) is 4.74 Å². The predicted molar refractivity (Wildman–Crippen MR) is 113 cm³/mol. The number of benzene rings is 3. The summed E-state index contributed by atoms with van der Waals surface area (Å²) in [5.41, 5.74) is 5.92. The van der Waals surface area contributed by atoms with Gasteiger partial charge >= 0.3 is 0 Å². The minimum Gasteiger partial charge on any atom is -0.508 e. The first-order chi connectivity index (χ1) is 13.2. The summed E-state index contributed by atoms with van der Waals surface area (Å²) >= 11 is 0. The van der Waals surface area contributed by atoms with Gasteiger partial charge in [0.05, 0.1) is 6.61 Å². The standard InChI is InChI=1S/C25H26O2/c1-3-18-27-23-16-12-21(13-17-23)25(20-10-14-22(26)15-11-20)24(4-2)19-8-6-5-7-9-19/h5-17,26H,3-4,18H2,1-2H3/b25-24+. The number of ether oxygens (including phenoxy) is 1. The lowest BCUT2D eigenvalue weighted by Crippen LogP contribution is -1.97. The highest BCUT2D eigenvalue weighted by molar-refractivity contribution is 5.98. The van der Waals surface area contributed by atoms with Crippen LogP contribution in [0.15, 0.2) is 78.9 Å². The molecule has 0 fully saturated rings. The summed E-state index contributed by atoms with van der Waals surface area (Å²) < 4.78 is 5.73. The Morgan fingerprint density at radius 1 is 0.741 bits per heavy atom. The number of aromatic hydroxyl groups is 1. The van der Waals surface area contributed by atoms with Crippen LogP contribution >= 0.6 is 0 Å². The number of hydrogen-bond acceptors (Lipinski definition) is 2. The van der Waals surface area contributed by atoms with Crippen LogP contribution < -0.4 is 4.74 Å². The van der Waals surface area contributed by atoms with Crippen molar-refractivity contribution in [2.24, 2.45) is 0 Å². The van der Waals surface area contributed by atoms with Crippen molar-refractivity contribution in [3.63, 3.8) is 0 Å². The van der Waals surface area contributed by atoms with Crippen LogP contribution in [0.4, 0.5) is 0 Å². The second-order valence-corrected chi connectivity index (χ2v) is 6.49. The Kier molecular flexibility index (Phi) is 6.32. The molecule has 0 saturated carbocycles. The Morgan fingerprint density at radius 3 is 1.89 bits per heavy atom. The molecule has 1 N–H and O–H groups in total. The van der Waals surface area contributed by atoms with Gasteiger partial charge in [-0.05, 0) is 64.9 Å². The van der Waals surface area contributed by atoms with Crippen LogP contribution in [-0.4, -0.2) is 11.7 Å². The van der Waals surface area contributed by atoms with E-state index in [1.807, 2.05) is 30.3 Å². The fourth-order valence-electron chi connectivity index (χ4n) is 3.25. The summed E-state index contributed by atoms with van der Waals surface area (Å²) in [6.45, 7) is 5.01. The zero-order chi connectivity index (χ0) is 19.1. The lowest BCUT2D eigenvalue weighted by Gasteiger charge is -2.17. The van der Waals surface area contributed by atoms with Crippen LogP contribution in [0.1, 0.15) is 43.4 Å². The fraction of sp³-hybridized carbons (Fsp3) is 0.200. The number of rotatable bonds is 7. The van der Waals surface area contributed by atoms with Crippen LogP contribution in [0.3, 0.4) is 0 Å². The molecule has 0 radical (unpaired) electrons. The highest BCUT2D eigenvalue weighted by atomic mass is 16.5. The van der Waals surface area contributed by atoms with Crippen molar-refractivity contribution in [2.75, 3.05) is 6.61 Å². The largest absolute Gasteiger partial charge is 0.508 e. The first-order valence-corrected chi connectivity index (χ1v) is 9.54. The average Bonchev–Trinajstić information content (AvgIpc) is 2.72. The van der Waals surface area contributed by atoms with E-state index < -0.39 is 0 Å². The van der Waals surface area contributed by atoms with Crippen LogP contribution in [0.2, 0.25) is 0 Å². The number of phenolic OH excluding ortho intramolecular Hbond substituents is 1. The van der Waals surface area contributed by atoms with Crippen molar-refractivity contribution in [2.45, 2.75) is 26.7 Å². The Labute approximate surface area is 161 Å². The zero-order valence-corrected chi connectivity index (χ0v) is 16.0. The smallest absolute Gasteiger partial charge is 0.119 e. The van der Waals surface area contributed by atoms with Gasteiger partial charge in [0.25, 0.3) is 0 Å². The zero-order valence-electron chi connectivity index (χ0n) is 16.0. The molecule has 0 unspecified atom stereocenters. The summed E-state index contributed by atoms with van der Waals surface area (Å²) in [6, 6.07) is 26.2. The number of phenols is 1. The minimum absolute atomic E-state index is 0.277. The second kappa shape index (κ2) is 9.09. The third kappa shape index (κ3) is 4.59. The Bertz CT molecular complexity index is 876. The maximum Gasteiger partial charge on any atom is 0.119 e. The van der Waals surface area contributed by atoms with Gasteiger partial charge in [-0.25, -0.2) is 0 Å². The van der Waals surface area contributed by atoms with Gasteiger partial charge in [-0.1, -0.05) is 68.4 Å². The molecule has 0 heterocycles. The van der Waals surface area contributed by atoms with E-state index in [9.17, 15) is 5.11 Å². The van der Waals surface area contributed by atoms with Gasteiger partial charge in [0.15, 0.2) is 0 Å². The molecular weight excluding hydrogens is 332 g/mol. The van der Waals surface area contributed by atoms with Gasteiger partial charge in [0, 0.05) is 0 Å². The first-order valence-electron chi connectivity index (χ1n) is 9.54. The molecule has 0 aromatic heterocycles. The summed E-state index contributed by atoms with van der Waals surface area (Å²) in [4.78, 5) is 0. The molecule has 2 heteroatoms. The van der Waals surface area contributed by atoms with Crippen molar-refractivity contribution < 1.29 is 9.84 Å². The summed E-state index contributed by atoms with van der Waals surface area (Å²) in [5, 5.41) is 9.71. The number of allylic oxidation sites excluding steroid dienone is 1. The maximum atomic E-state index is 9.71. The highest BCUT2D eigenvalue weighted by Gasteiger charge is 2.13. The normalized spacial score (nSPS) is 11.8. The monoisotopic (exact) mass is 358 g/mol. The molecule has 0 aliphatic rings. The average molecular weight is 358 g/mol. The molecule has 0 atom stereocenters. The molecule has 27 heavy (non-hydrogen) atoms. The molecule has 0 amide bonds. The molecule has 0 aliphatic carbocycles. The summed E-state index contributed by atoms with van der Waals surface area (Å²) in [6.07, 6.45) is 1.91. The van der Waals surface area contributed by atoms with E-state index in [-0.39, 0.29) is 5.75 Å². The molecule has 3 rings (SSSR count). The van der Waals surface area contributed by atoms with Crippen LogP contribution in [0.25, 0.3) is 11.1 Å². The third-order valence-corrected chi connectivity index (χ3v) is 4.55. The van der Waals surface area contributed by atoms with E-state index in [0.29, 0.717) is 0 Å². The highest BCUT2D eigenvalue weighted by Crippen LogP contribution is 2.35. The molecule has 3 aromatic carbocycles. The van der Waals surface area contributed by atoms with Crippen LogP contribution in [-0.2, 0) is 0 Å². The maximum absolute atomic E-state index is 9.71. The minimum atomic E-state index is 0.277. The molecule has 3 aromatic rings. The van der Waals surface area contributed by atoms with Crippen molar-refractivity contribution in [1.82, 2.24) is 0 Å². The van der Waals surface area contributed by atoms with Gasteiger partial charge in [0.2, 0.25) is 0 Å². The summed E-state index contributed by atoms with van der Waals surface area (Å²) in [5.74, 6) is 1.17. The van der Waals surface area contributed by atoms with Gasteiger partial charge in [0.1, 0.15) is 11.5 Å². The molecule has 2 nitrogen and oxygen atoms in total. The summed E-state index contributed by atoms with van der Waals surface area (Å²) in [7, 11) is 0. The van der Waals surface area contributed by atoms with Crippen molar-refractivity contribution in [1.29, 1.82) is 0 Å². The van der Waals surface area contributed by atoms with Gasteiger partial charge in [-0.2, -0.15) is 0 Å². The van der Waals surface area contributed by atoms with E-state index in [1.54, 1.807) is 12.1 Å². The molecular formula is C25H26O2. The SMILES string of the molecule is CCCOc1ccc(/C(=C(\CC)c2ccccc2)c2ccc(O)cc2)cc1. The Morgan fingerprint density at radius 2 is 1.33 bits per heavy atom. The van der Waals surface area contributed by atoms with Gasteiger partial charge in [-0.15, -0.1) is 0 Å². The predicted octanol–water partition coefficient (Wildman–Crippen LogP) is 6.55.